The van der Waals surface area contributed by atoms with Crippen LogP contribution in [0, 0.1) is 6.92 Å². The first-order chi connectivity index (χ1) is 18.4. The van der Waals surface area contributed by atoms with Crippen LogP contribution in [0.5, 0.6) is 23.1 Å². The number of fused-ring (bicyclic) bond motifs is 4. The molecule has 3 aromatic carbocycles. The fourth-order valence-electron chi connectivity index (χ4n) is 4.46. The number of para-hydroxylation sites is 1. The molecule has 0 bridgehead atoms. The number of carbonyl (C=O) groups excluding carboxylic acids is 1. The number of hydrogen-bond acceptors (Lipinski definition) is 9. The molecule has 5 aromatic rings. The van der Waals surface area contributed by atoms with Crippen molar-refractivity contribution in [2.75, 3.05) is 13.7 Å². The van der Waals surface area contributed by atoms with Gasteiger partial charge in [0.05, 0.1) is 29.4 Å². The summed E-state index contributed by atoms with van der Waals surface area (Å²) in [6, 6.07) is 12.9. The van der Waals surface area contributed by atoms with E-state index in [4.69, 9.17) is 41.3 Å². The molecule has 0 saturated carbocycles. The Morgan fingerprint density at radius 3 is 2.87 bits per heavy atom. The number of aryl methyl sites for hydroxylation is 1. The molecule has 0 radical (unpaired) electrons. The topological polar surface area (TPSA) is 119 Å². The average Bonchev–Trinajstić information content (AvgIpc) is 3.35. The molecule has 9 nitrogen and oxygen atoms in total. The van der Waals surface area contributed by atoms with Gasteiger partial charge in [0.25, 0.3) is 0 Å². The smallest absolute Gasteiger partial charge is 0.409 e. The highest BCUT2D eigenvalue weighted by Gasteiger charge is 2.28. The number of primary amides is 1. The molecule has 0 spiro atoms. The summed E-state index contributed by atoms with van der Waals surface area (Å²) in [6.45, 7) is 2.29. The fourth-order valence-corrected chi connectivity index (χ4v) is 5.85. The van der Waals surface area contributed by atoms with Crippen molar-refractivity contribution < 1.29 is 23.7 Å². The van der Waals surface area contributed by atoms with Crippen LogP contribution in [0.15, 0.2) is 48.7 Å². The largest absolute Gasteiger partial charge is 0.484 e. The standard InChI is InChI=1S/C27H21ClN4O5S/c1-13-7-16(22-18(8-13)31-21(34-2)11-30-22)26-32-23-17(28)10-20-24(25(23)38-26)35-12-15(36-20)9-14-5-3-4-6-19(14)37-27(29)33/h3-8,10-11,15H,9,12H2,1-2H3,(H2,29,33)/t15-/m1/s1. The van der Waals surface area contributed by atoms with Gasteiger partial charge < -0.3 is 24.7 Å². The average molecular weight is 549 g/mol. The predicted octanol–water partition coefficient (Wildman–Crippen LogP) is 5.72. The first-order valence-electron chi connectivity index (χ1n) is 11.7. The van der Waals surface area contributed by atoms with E-state index in [1.807, 2.05) is 31.2 Å². The van der Waals surface area contributed by atoms with E-state index in [1.165, 1.54) is 11.3 Å². The first-order valence-corrected chi connectivity index (χ1v) is 12.9. The molecule has 0 aliphatic carbocycles. The minimum absolute atomic E-state index is 0.292. The van der Waals surface area contributed by atoms with E-state index < -0.39 is 6.09 Å². The number of benzene rings is 3. The van der Waals surface area contributed by atoms with Gasteiger partial charge in [0.15, 0.2) is 11.5 Å². The summed E-state index contributed by atoms with van der Waals surface area (Å²) in [5.74, 6) is 1.96. The Morgan fingerprint density at radius 2 is 2.05 bits per heavy atom. The zero-order chi connectivity index (χ0) is 26.4. The number of hydrogen-bond donors (Lipinski definition) is 1. The van der Waals surface area contributed by atoms with Crippen LogP contribution < -0.4 is 24.7 Å². The van der Waals surface area contributed by atoms with Gasteiger partial charge in [-0.15, -0.1) is 11.3 Å². The Hall–Kier alpha value is -4.15. The summed E-state index contributed by atoms with van der Waals surface area (Å²) in [5.41, 5.74) is 9.91. The SMILES string of the molecule is COc1cnc2c(-c3nc4c(Cl)cc5c(c4s3)OC[C@@H](Cc3ccccc3OC(N)=O)O5)cc(C)cc2n1. The summed E-state index contributed by atoms with van der Waals surface area (Å²) in [6.07, 6.45) is 0.842. The molecule has 2 N–H and O–H groups in total. The fraction of sp³-hybridized carbons (Fsp3) is 0.185. The number of methoxy groups -OCH3 is 1. The molecule has 3 heterocycles. The third kappa shape index (κ3) is 4.42. The zero-order valence-corrected chi connectivity index (χ0v) is 21.9. The van der Waals surface area contributed by atoms with Crippen molar-refractivity contribution in [1.29, 1.82) is 0 Å². The van der Waals surface area contributed by atoms with Crippen molar-refractivity contribution in [2.24, 2.45) is 5.73 Å². The van der Waals surface area contributed by atoms with Crippen LogP contribution in [-0.2, 0) is 6.42 Å². The van der Waals surface area contributed by atoms with Crippen molar-refractivity contribution in [3.8, 4) is 33.7 Å². The lowest BCUT2D eigenvalue weighted by molar-refractivity contribution is 0.0927. The number of aromatic nitrogens is 3. The van der Waals surface area contributed by atoms with Crippen molar-refractivity contribution in [1.82, 2.24) is 15.0 Å². The quantitative estimate of drug-likeness (QED) is 0.296. The van der Waals surface area contributed by atoms with Crippen molar-refractivity contribution in [3.05, 3.63) is 64.8 Å². The number of amides is 1. The molecular formula is C27H21ClN4O5S. The molecule has 0 saturated heterocycles. The lowest BCUT2D eigenvalue weighted by atomic mass is 10.1. The van der Waals surface area contributed by atoms with Crippen LogP contribution in [0.4, 0.5) is 4.79 Å². The maximum atomic E-state index is 11.3. The van der Waals surface area contributed by atoms with Gasteiger partial charge in [0.2, 0.25) is 5.88 Å². The number of halogens is 1. The molecule has 1 amide bonds. The molecule has 2 aromatic heterocycles. The summed E-state index contributed by atoms with van der Waals surface area (Å²) in [5, 5.41) is 1.19. The lowest BCUT2D eigenvalue weighted by Gasteiger charge is -2.27. The number of nitrogens with zero attached hydrogens (tertiary/aromatic N) is 3. The van der Waals surface area contributed by atoms with E-state index in [9.17, 15) is 4.79 Å². The van der Waals surface area contributed by atoms with Crippen molar-refractivity contribution in [2.45, 2.75) is 19.4 Å². The van der Waals surface area contributed by atoms with E-state index >= 15 is 0 Å². The minimum Gasteiger partial charge on any atom is -0.484 e. The summed E-state index contributed by atoms with van der Waals surface area (Å²) >= 11 is 8.12. The molecule has 1 atom stereocenters. The third-order valence-electron chi connectivity index (χ3n) is 6.09. The Kier molecular flexibility index (Phi) is 6.13. The highest BCUT2D eigenvalue weighted by atomic mass is 35.5. The maximum Gasteiger partial charge on any atom is 0.409 e. The van der Waals surface area contributed by atoms with Gasteiger partial charge >= 0.3 is 6.09 Å². The van der Waals surface area contributed by atoms with Gasteiger partial charge in [-0.3, -0.25) is 0 Å². The zero-order valence-electron chi connectivity index (χ0n) is 20.4. The molecule has 0 unspecified atom stereocenters. The second-order valence-corrected chi connectivity index (χ2v) is 10.2. The van der Waals surface area contributed by atoms with E-state index in [0.717, 1.165) is 37.4 Å². The third-order valence-corrected chi connectivity index (χ3v) is 7.46. The van der Waals surface area contributed by atoms with Crippen LogP contribution >= 0.6 is 22.9 Å². The van der Waals surface area contributed by atoms with Crippen LogP contribution in [0.1, 0.15) is 11.1 Å². The summed E-state index contributed by atoms with van der Waals surface area (Å²) < 4.78 is 23.6. The van der Waals surface area contributed by atoms with Gasteiger partial charge in [-0.05, 0) is 36.2 Å². The molecule has 1 aliphatic rings. The second-order valence-electron chi connectivity index (χ2n) is 8.76. The predicted molar refractivity (Wildman–Crippen MR) is 145 cm³/mol. The summed E-state index contributed by atoms with van der Waals surface area (Å²) in [7, 11) is 1.56. The number of rotatable bonds is 5. The Balaban J connectivity index is 1.36. The normalized spacial score (nSPS) is 14.6. The van der Waals surface area contributed by atoms with E-state index in [0.29, 0.717) is 46.7 Å². The van der Waals surface area contributed by atoms with Gasteiger partial charge in [0, 0.05) is 18.1 Å². The highest BCUT2D eigenvalue weighted by Crippen LogP contribution is 2.47. The molecule has 6 rings (SSSR count). The number of ether oxygens (including phenoxy) is 4. The number of nitrogens with two attached hydrogens (primary N) is 1. The molecular weight excluding hydrogens is 528 g/mol. The first kappa shape index (κ1) is 24.2. The number of carbonyl (C=O) groups is 1. The highest BCUT2D eigenvalue weighted by molar-refractivity contribution is 7.22. The lowest BCUT2D eigenvalue weighted by Crippen LogP contribution is -2.31. The number of thiazole rings is 1. The molecule has 192 valence electrons. The van der Waals surface area contributed by atoms with Gasteiger partial charge in [-0.1, -0.05) is 29.8 Å². The van der Waals surface area contributed by atoms with Gasteiger partial charge in [0.1, 0.15) is 33.7 Å². The van der Waals surface area contributed by atoms with Crippen LogP contribution in [0.2, 0.25) is 5.02 Å². The van der Waals surface area contributed by atoms with Crippen LogP contribution in [0.25, 0.3) is 31.8 Å². The second kappa shape index (κ2) is 9.62. The van der Waals surface area contributed by atoms with E-state index in [1.54, 1.807) is 31.5 Å². The van der Waals surface area contributed by atoms with Gasteiger partial charge in [-0.2, -0.15) is 0 Å². The molecule has 11 heteroatoms. The Bertz CT molecular complexity index is 1720. The minimum atomic E-state index is -0.870. The van der Waals surface area contributed by atoms with Crippen molar-refractivity contribution in [3.63, 3.8) is 0 Å². The van der Waals surface area contributed by atoms with E-state index in [-0.39, 0.29) is 6.10 Å². The molecule has 38 heavy (non-hydrogen) atoms. The molecule has 1 aliphatic heterocycles. The Morgan fingerprint density at radius 1 is 1.21 bits per heavy atom. The van der Waals surface area contributed by atoms with E-state index in [2.05, 4.69) is 9.97 Å². The monoisotopic (exact) mass is 548 g/mol. The van der Waals surface area contributed by atoms with Crippen LogP contribution in [0.3, 0.4) is 0 Å². The van der Waals surface area contributed by atoms with Gasteiger partial charge in [-0.25, -0.2) is 19.7 Å². The summed E-state index contributed by atoms with van der Waals surface area (Å²) in [4.78, 5) is 25.2. The van der Waals surface area contributed by atoms with Crippen LogP contribution in [-0.4, -0.2) is 40.9 Å². The Labute approximate surface area is 226 Å². The van der Waals surface area contributed by atoms with Crippen molar-refractivity contribution >= 4 is 50.3 Å². The maximum absolute atomic E-state index is 11.3. The molecule has 0 fully saturated rings.